The maximum atomic E-state index is 13.7. The Bertz CT molecular complexity index is 861. The molecule has 2 aromatic carbocycles. The minimum Gasteiger partial charge on any atom is -0.488 e. The Morgan fingerprint density at radius 2 is 2.00 bits per heavy atom. The van der Waals surface area contributed by atoms with Crippen LogP contribution >= 0.6 is 11.6 Å². The van der Waals surface area contributed by atoms with Crippen molar-refractivity contribution in [1.29, 1.82) is 0 Å². The molecule has 0 atom stereocenters. The van der Waals surface area contributed by atoms with Crippen LogP contribution in [0.25, 0.3) is 0 Å². The highest BCUT2D eigenvalue weighted by molar-refractivity contribution is 6.35. The number of amides is 2. The summed E-state index contributed by atoms with van der Waals surface area (Å²) in [6.45, 7) is 0.492. The summed E-state index contributed by atoms with van der Waals surface area (Å²) >= 11 is 5.98. The third-order valence-electron chi connectivity index (χ3n) is 3.48. The lowest BCUT2D eigenvalue weighted by Crippen LogP contribution is -2.39. The van der Waals surface area contributed by atoms with Crippen molar-refractivity contribution < 1.29 is 23.5 Å². The molecular weight excluding hydrogens is 389 g/mol. The molecule has 9 heteroatoms. The van der Waals surface area contributed by atoms with Crippen molar-refractivity contribution in [1.82, 2.24) is 10.7 Å². The number of carbonyl (C=O) groups excluding carboxylic acids is 2. The van der Waals surface area contributed by atoms with Gasteiger partial charge in [-0.25, -0.2) is 9.82 Å². The van der Waals surface area contributed by atoms with Crippen LogP contribution in [0.4, 0.5) is 4.39 Å². The molecule has 0 radical (unpaired) electrons. The van der Waals surface area contributed by atoms with Crippen LogP contribution < -0.4 is 15.5 Å². The highest BCUT2D eigenvalue weighted by Gasteiger charge is 2.11. The number of hydrazone groups is 1. The molecule has 2 aromatic rings. The number of hydrogen-bond donors (Lipinski definition) is 2. The van der Waals surface area contributed by atoms with E-state index in [1.165, 1.54) is 19.4 Å². The van der Waals surface area contributed by atoms with E-state index in [1.54, 1.807) is 36.4 Å². The fourth-order valence-electron chi connectivity index (χ4n) is 2.08. The van der Waals surface area contributed by atoms with Gasteiger partial charge in [0, 0.05) is 29.8 Å². The topological polar surface area (TPSA) is 89.0 Å². The molecule has 28 heavy (non-hydrogen) atoms. The van der Waals surface area contributed by atoms with E-state index in [9.17, 15) is 14.0 Å². The van der Waals surface area contributed by atoms with Gasteiger partial charge in [-0.05, 0) is 24.3 Å². The van der Waals surface area contributed by atoms with Crippen LogP contribution in [-0.4, -0.2) is 38.3 Å². The number of rotatable bonds is 8. The molecule has 0 saturated carbocycles. The Morgan fingerprint density at radius 3 is 2.75 bits per heavy atom. The van der Waals surface area contributed by atoms with Crippen LogP contribution in [0.5, 0.6) is 5.75 Å². The molecule has 2 N–H and O–H groups in total. The normalized spacial score (nSPS) is 10.7. The second-order valence-electron chi connectivity index (χ2n) is 5.51. The van der Waals surface area contributed by atoms with E-state index < -0.39 is 11.8 Å². The lowest BCUT2D eigenvalue weighted by Gasteiger charge is -2.10. The first-order chi connectivity index (χ1) is 13.5. The zero-order chi connectivity index (χ0) is 20.4. The van der Waals surface area contributed by atoms with E-state index in [-0.39, 0.29) is 25.6 Å². The minimum absolute atomic E-state index is 0.00338. The molecule has 0 bridgehead atoms. The minimum atomic E-state index is -0.928. The summed E-state index contributed by atoms with van der Waals surface area (Å²) in [6.07, 6.45) is 1.28. The van der Waals surface area contributed by atoms with Crippen molar-refractivity contribution in [3.05, 3.63) is 64.4 Å². The van der Waals surface area contributed by atoms with Crippen molar-refractivity contribution in [2.75, 3.05) is 20.3 Å². The molecular formula is C19H19ClFN3O4. The fourth-order valence-corrected chi connectivity index (χ4v) is 2.26. The number of nitrogens with zero attached hydrogens (tertiary/aromatic N) is 1. The maximum absolute atomic E-state index is 13.7. The highest BCUT2D eigenvalue weighted by atomic mass is 35.5. The first kappa shape index (κ1) is 21.3. The number of methoxy groups -OCH3 is 1. The summed E-state index contributed by atoms with van der Waals surface area (Å²) in [5.41, 5.74) is 2.94. The van der Waals surface area contributed by atoms with Crippen LogP contribution in [0.3, 0.4) is 0 Å². The maximum Gasteiger partial charge on any atom is 0.329 e. The van der Waals surface area contributed by atoms with Gasteiger partial charge in [-0.3, -0.25) is 9.59 Å². The fraction of sp³-hybridized carbons (Fsp3) is 0.211. The van der Waals surface area contributed by atoms with Crippen LogP contribution in [0, 0.1) is 5.82 Å². The predicted molar refractivity (Wildman–Crippen MR) is 103 cm³/mol. The SMILES string of the molecule is COCCNC(=O)C(=O)N/N=C\c1cc(Cl)ccc1OCc1ccccc1F. The summed E-state index contributed by atoms with van der Waals surface area (Å²) in [5, 5.41) is 6.52. The van der Waals surface area contributed by atoms with Crippen molar-refractivity contribution >= 4 is 29.6 Å². The number of hydrogen-bond acceptors (Lipinski definition) is 5. The summed E-state index contributed by atoms with van der Waals surface area (Å²) in [7, 11) is 1.48. The second kappa shape index (κ2) is 11.0. The molecule has 0 spiro atoms. The van der Waals surface area contributed by atoms with E-state index in [1.807, 2.05) is 0 Å². The highest BCUT2D eigenvalue weighted by Crippen LogP contribution is 2.23. The van der Waals surface area contributed by atoms with Gasteiger partial charge in [0.25, 0.3) is 0 Å². The molecule has 148 valence electrons. The monoisotopic (exact) mass is 407 g/mol. The van der Waals surface area contributed by atoms with Crippen molar-refractivity contribution in [3.63, 3.8) is 0 Å². The standard InChI is InChI=1S/C19H19ClFN3O4/c1-27-9-8-22-18(25)19(26)24-23-11-14-10-15(20)6-7-17(14)28-12-13-4-2-3-5-16(13)21/h2-7,10-11H,8-9,12H2,1H3,(H,22,25)(H,24,26)/b23-11-. The third kappa shape index (κ3) is 6.64. The number of benzene rings is 2. The molecule has 2 rings (SSSR count). The third-order valence-corrected chi connectivity index (χ3v) is 3.72. The summed E-state index contributed by atoms with van der Waals surface area (Å²) in [6, 6.07) is 11.0. The molecule has 0 heterocycles. The molecule has 0 aromatic heterocycles. The second-order valence-corrected chi connectivity index (χ2v) is 5.95. The molecule has 0 fully saturated rings. The van der Waals surface area contributed by atoms with E-state index in [0.717, 1.165) is 0 Å². The zero-order valence-corrected chi connectivity index (χ0v) is 15.8. The number of carbonyl (C=O) groups is 2. The van der Waals surface area contributed by atoms with E-state index in [0.29, 0.717) is 21.9 Å². The van der Waals surface area contributed by atoms with Gasteiger partial charge in [-0.15, -0.1) is 0 Å². The Balaban J connectivity index is 1.99. The Morgan fingerprint density at radius 1 is 1.21 bits per heavy atom. The van der Waals surface area contributed by atoms with Gasteiger partial charge in [0.05, 0.1) is 12.8 Å². The van der Waals surface area contributed by atoms with E-state index in [2.05, 4.69) is 15.8 Å². The van der Waals surface area contributed by atoms with E-state index in [4.69, 9.17) is 21.1 Å². The first-order valence-electron chi connectivity index (χ1n) is 8.27. The molecule has 2 amide bonds. The van der Waals surface area contributed by atoms with Crippen molar-refractivity contribution in [2.24, 2.45) is 5.10 Å². The van der Waals surface area contributed by atoms with Crippen LogP contribution in [0.1, 0.15) is 11.1 Å². The molecule has 0 aliphatic rings. The Labute approximate surface area is 166 Å². The summed E-state index contributed by atoms with van der Waals surface area (Å²) < 4.78 is 24.1. The molecule has 0 aliphatic carbocycles. The molecule has 0 saturated heterocycles. The van der Waals surface area contributed by atoms with Gasteiger partial charge < -0.3 is 14.8 Å². The van der Waals surface area contributed by atoms with Gasteiger partial charge in [0.2, 0.25) is 0 Å². The first-order valence-corrected chi connectivity index (χ1v) is 8.65. The number of ether oxygens (including phenoxy) is 2. The van der Waals surface area contributed by atoms with E-state index >= 15 is 0 Å². The smallest absolute Gasteiger partial charge is 0.329 e. The molecule has 0 unspecified atom stereocenters. The van der Waals surface area contributed by atoms with Gasteiger partial charge in [0.15, 0.2) is 0 Å². The number of halogens is 2. The number of nitrogens with one attached hydrogen (secondary N) is 2. The zero-order valence-electron chi connectivity index (χ0n) is 15.1. The molecule has 0 aliphatic heterocycles. The average molecular weight is 408 g/mol. The van der Waals surface area contributed by atoms with Gasteiger partial charge in [0.1, 0.15) is 18.2 Å². The average Bonchev–Trinajstić information content (AvgIpc) is 2.68. The summed E-state index contributed by atoms with van der Waals surface area (Å²) in [5.74, 6) is -1.76. The Kier molecular flexibility index (Phi) is 8.38. The van der Waals surface area contributed by atoms with Gasteiger partial charge >= 0.3 is 11.8 Å². The predicted octanol–water partition coefficient (Wildman–Crippen LogP) is 2.27. The summed E-state index contributed by atoms with van der Waals surface area (Å²) in [4.78, 5) is 23.2. The van der Waals surface area contributed by atoms with Gasteiger partial charge in [-0.1, -0.05) is 29.8 Å². The lowest BCUT2D eigenvalue weighted by atomic mass is 10.2. The van der Waals surface area contributed by atoms with Crippen LogP contribution in [0.15, 0.2) is 47.6 Å². The quantitative estimate of drug-likeness (QED) is 0.304. The Hall–Kier alpha value is -2.97. The van der Waals surface area contributed by atoms with Crippen molar-refractivity contribution in [3.8, 4) is 5.75 Å². The van der Waals surface area contributed by atoms with Crippen LogP contribution in [0.2, 0.25) is 5.02 Å². The lowest BCUT2D eigenvalue weighted by molar-refractivity contribution is -0.139. The van der Waals surface area contributed by atoms with Gasteiger partial charge in [-0.2, -0.15) is 5.10 Å². The molecule has 7 nitrogen and oxygen atoms in total. The van der Waals surface area contributed by atoms with Crippen molar-refractivity contribution in [2.45, 2.75) is 6.61 Å². The largest absolute Gasteiger partial charge is 0.488 e. The van der Waals surface area contributed by atoms with Crippen LogP contribution in [-0.2, 0) is 20.9 Å².